The van der Waals surface area contributed by atoms with Crippen LogP contribution in [0.25, 0.3) is 0 Å². The number of hydrogen-bond donors (Lipinski definition) is 1. The summed E-state index contributed by atoms with van der Waals surface area (Å²) in [5.41, 5.74) is 0.624. The van der Waals surface area contributed by atoms with E-state index in [-0.39, 0.29) is 6.04 Å². The quantitative estimate of drug-likeness (QED) is 0.671. The molecular weight excluding hydrogens is 264 g/mol. The van der Waals surface area contributed by atoms with E-state index in [0.717, 1.165) is 25.5 Å². The number of halogens is 2. The summed E-state index contributed by atoms with van der Waals surface area (Å²) in [6, 6.07) is 3.52. The van der Waals surface area contributed by atoms with Crippen LogP contribution in [0.1, 0.15) is 31.4 Å². The smallest absolute Gasteiger partial charge is 0.126 e. The van der Waals surface area contributed by atoms with Crippen molar-refractivity contribution in [1.82, 2.24) is 5.32 Å². The zero-order valence-corrected chi connectivity index (χ0v) is 12.1. The highest BCUT2D eigenvalue weighted by atomic mass is 19.1. The molecule has 1 aromatic carbocycles. The van der Waals surface area contributed by atoms with Gasteiger partial charge in [0.25, 0.3) is 0 Å². The fourth-order valence-corrected chi connectivity index (χ4v) is 1.84. The number of unbranched alkanes of at least 4 members (excludes halogenated alkanes) is 1. The molecule has 114 valence electrons. The lowest BCUT2D eigenvalue weighted by Gasteiger charge is -2.14. The van der Waals surface area contributed by atoms with Crippen molar-refractivity contribution < 1.29 is 18.3 Å². The second-order valence-electron chi connectivity index (χ2n) is 4.69. The molecule has 0 aliphatic carbocycles. The Morgan fingerprint density at radius 3 is 2.40 bits per heavy atom. The van der Waals surface area contributed by atoms with Crippen molar-refractivity contribution in [2.75, 3.05) is 33.5 Å². The molecule has 0 bridgehead atoms. The number of benzene rings is 1. The van der Waals surface area contributed by atoms with Crippen LogP contribution in [0.5, 0.6) is 0 Å². The molecule has 0 aliphatic rings. The molecule has 0 heterocycles. The highest BCUT2D eigenvalue weighted by Gasteiger charge is 2.07. The second-order valence-corrected chi connectivity index (χ2v) is 4.69. The van der Waals surface area contributed by atoms with Crippen molar-refractivity contribution in [1.29, 1.82) is 0 Å². The molecule has 20 heavy (non-hydrogen) atoms. The van der Waals surface area contributed by atoms with Crippen LogP contribution in [0.4, 0.5) is 8.78 Å². The molecule has 1 aromatic rings. The van der Waals surface area contributed by atoms with E-state index in [1.807, 2.05) is 6.92 Å². The SMILES string of the molecule is COCCOCCCCNC(C)c1cc(F)cc(F)c1. The number of rotatable bonds is 10. The Morgan fingerprint density at radius 2 is 1.75 bits per heavy atom. The predicted molar refractivity (Wildman–Crippen MR) is 74.7 cm³/mol. The molecular formula is C15H23F2NO2. The standard InChI is InChI=1S/C15H23F2NO2/c1-12(13-9-14(16)11-15(17)10-13)18-5-3-4-6-20-8-7-19-2/h9-12,18H,3-8H2,1-2H3. The summed E-state index contributed by atoms with van der Waals surface area (Å²) in [5, 5.41) is 3.24. The molecule has 1 unspecified atom stereocenters. The zero-order chi connectivity index (χ0) is 14.8. The van der Waals surface area contributed by atoms with Crippen LogP contribution in [0.2, 0.25) is 0 Å². The van der Waals surface area contributed by atoms with Crippen LogP contribution >= 0.6 is 0 Å². The van der Waals surface area contributed by atoms with Gasteiger partial charge in [-0.3, -0.25) is 0 Å². The topological polar surface area (TPSA) is 30.5 Å². The summed E-state index contributed by atoms with van der Waals surface area (Å²) in [5.74, 6) is -1.08. The van der Waals surface area contributed by atoms with Crippen LogP contribution in [0.15, 0.2) is 18.2 Å². The van der Waals surface area contributed by atoms with Gasteiger partial charge in [0.1, 0.15) is 11.6 Å². The lowest BCUT2D eigenvalue weighted by atomic mass is 10.1. The van der Waals surface area contributed by atoms with Crippen LogP contribution in [0.3, 0.4) is 0 Å². The summed E-state index contributed by atoms with van der Waals surface area (Å²) < 4.78 is 36.4. The third-order valence-corrected chi connectivity index (χ3v) is 2.98. The van der Waals surface area contributed by atoms with E-state index in [2.05, 4.69) is 5.32 Å². The van der Waals surface area contributed by atoms with Gasteiger partial charge >= 0.3 is 0 Å². The van der Waals surface area contributed by atoms with Gasteiger partial charge in [-0.15, -0.1) is 0 Å². The minimum atomic E-state index is -0.541. The van der Waals surface area contributed by atoms with Gasteiger partial charge in [-0.1, -0.05) is 0 Å². The molecule has 0 fully saturated rings. The predicted octanol–water partition coefficient (Wildman–Crippen LogP) is 3.06. The normalized spacial score (nSPS) is 12.6. The molecule has 0 amide bonds. The summed E-state index contributed by atoms with van der Waals surface area (Å²) >= 11 is 0. The zero-order valence-electron chi connectivity index (χ0n) is 12.1. The van der Waals surface area contributed by atoms with Gasteiger partial charge in [0.15, 0.2) is 0 Å². The molecule has 1 N–H and O–H groups in total. The van der Waals surface area contributed by atoms with Crippen molar-refractivity contribution in [3.8, 4) is 0 Å². The van der Waals surface area contributed by atoms with Crippen molar-refractivity contribution in [3.05, 3.63) is 35.4 Å². The Hall–Kier alpha value is -1.04. The van der Waals surface area contributed by atoms with Crippen LogP contribution < -0.4 is 5.32 Å². The van der Waals surface area contributed by atoms with E-state index in [1.165, 1.54) is 12.1 Å². The maximum atomic E-state index is 13.1. The fourth-order valence-electron chi connectivity index (χ4n) is 1.84. The molecule has 0 saturated heterocycles. The largest absolute Gasteiger partial charge is 0.382 e. The second kappa shape index (κ2) is 9.80. The molecule has 0 aromatic heterocycles. The maximum absolute atomic E-state index is 13.1. The minimum Gasteiger partial charge on any atom is -0.382 e. The first-order chi connectivity index (χ1) is 9.63. The van der Waals surface area contributed by atoms with Gasteiger partial charge in [-0.2, -0.15) is 0 Å². The lowest BCUT2D eigenvalue weighted by Crippen LogP contribution is -2.20. The van der Waals surface area contributed by atoms with E-state index in [9.17, 15) is 8.78 Å². The summed E-state index contributed by atoms with van der Waals surface area (Å²) in [6.45, 7) is 4.60. The fraction of sp³-hybridized carbons (Fsp3) is 0.600. The van der Waals surface area contributed by atoms with Gasteiger partial charge < -0.3 is 14.8 Å². The average Bonchev–Trinajstić information content (AvgIpc) is 2.40. The first-order valence-electron chi connectivity index (χ1n) is 6.89. The maximum Gasteiger partial charge on any atom is 0.126 e. The molecule has 1 atom stereocenters. The summed E-state index contributed by atoms with van der Waals surface area (Å²) in [6.07, 6.45) is 1.90. The van der Waals surface area contributed by atoms with Gasteiger partial charge in [-0.25, -0.2) is 8.78 Å². The highest BCUT2D eigenvalue weighted by molar-refractivity contribution is 5.20. The van der Waals surface area contributed by atoms with Gasteiger partial charge in [0.2, 0.25) is 0 Å². The Labute approximate surface area is 119 Å². The van der Waals surface area contributed by atoms with Gasteiger partial charge in [-0.05, 0) is 44.0 Å². The van der Waals surface area contributed by atoms with E-state index in [1.54, 1.807) is 7.11 Å². The van der Waals surface area contributed by atoms with Gasteiger partial charge in [0.05, 0.1) is 13.2 Å². The third-order valence-electron chi connectivity index (χ3n) is 2.98. The van der Waals surface area contributed by atoms with Crippen LogP contribution in [0, 0.1) is 11.6 Å². The molecule has 3 nitrogen and oxygen atoms in total. The number of nitrogens with one attached hydrogen (secondary N) is 1. The highest BCUT2D eigenvalue weighted by Crippen LogP contribution is 2.15. The molecule has 5 heteroatoms. The number of ether oxygens (including phenoxy) is 2. The van der Waals surface area contributed by atoms with Crippen molar-refractivity contribution in [2.45, 2.75) is 25.8 Å². The van der Waals surface area contributed by atoms with Crippen LogP contribution in [-0.4, -0.2) is 33.5 Å². The average molecular weight is 287 g/mol. The Kier molecular flexibility index (Phi) is 8.34. The number of hydrogen-bond acceptors (Lipinski definition) is 3. The van der Waals surface area contributed by atoms with Crippen molar-refractivity contribution in [3.63, 3.8) is 0 Å². The van der Waals surface area contributed by atoms with E-state index < -0.39 is 11.6 Å². The summed E-state index contributed by atoms with van der Waals surface area (Å²) in [4.78, 5) is 0. The Morgan fingerprint density at radius 1 is 1.05 bits per heavy atom. The molecule has 0 spiro atoms. The van der Waals surface area contributed by atoms with Gasteiger partial charge in [0, 0.05) is 25.8 Å². The number of methoxy groups -OCH3 is 1. The van der Waals surface area contributed by atoms with Crippen molar-refractivity contribution >= 4 is 0 Å². The Bertz CT molecular complexity index is 368. The minimum absolute atomic E-state index is 0.0744. The monoisotopic (exact) mass is 287 g/mol. The van der Waals surface area contributed by atoms with Crippen LogP contribution in [-0.2, 0) is 9.47 Å². The Balaban J connectivity index is 2.15. The van der Waals surface area contributed by atoms with E-state index >= 15 is 0 Å². The molecule has 0 saturated carbocycles. The third kappa shape index (κ3) is 6.93. The molecule has 0 radical (unpaired) electrons. The lowest BCUT2D eigenvalue weighted by molar-refractivity contribution is 0.0687. The first-order valence-corrected chi connectivity index (χ1v) is 6.89. The van der Waals surface area contributed by atoms with E-state index in [4.69, 9.17) is 9.47 Å². The first kappa shape index (κ1) is 17.0. The molecule has 0 aliphatic heterocycles. The summed E-state index contributed by atoms with van der Waals surface area (Å²) in [7, 11) is 1.64. The van der Waals surface area contributed by atoms with Crippen molar-refractivity contribution in [2.24, 2.45) is 0 Å². The van der Waals surface area contributed by atoms with E-state index in [0.29, 0.717) is 25.4 Å². The molecule has 1 rings (SSSR count).